The molecule has 11 heteroatoms. The molecular weight excluding hydrogens is 641 g/mol. The van der Waals surface area contributed by atoms with Crippen LogP contribution in [0.15, 0.2) is 30.3 Å². The number of sulfonamides is 1. The highest BCUT2D eigenvalue weighted by Crippen LogP contribution is 2.29. The van der Waals surface area contributed by atoms with Gasteiger partial charge in [-0.2, -0.15) is 0 Å². The molecule has 2 fully saturated rings. The number of aliphatic hydroxyl groups is 2. The van der Waals surface area contributed by atoms with Crippen molar-refractivity contribution in [2.45, 2.75) is 122 Å². The number of terminal acetylenes is 1. The van der Waals surface area contributed by atoms with E-state index in [1.54, 1.807) is 7.05 Å². The molecule has 0 spiro atoms. The third-order valence-corrected chi connectivity index (χ3v) is 12.1. The molecule has 1 aliphatic heterocycles. The number of nitrogens with one attached hydrogen (secondary N) is 2. The summed E-state index contributed by atoms with van der Waals surface area (Å²) in [4.78, 5) is 30.1. The number of likely N-dealkylation sites (N-methyl/N-ethyl adjacent to an activating group) is 1. The van der Waals surface area contributed by atoms with Crippen LogP contribution in [0.4, 0.5) is 0 Å². The summed E-state index contributed by atoms with van der Waals surface area (Å²) in [6, 6.07) is 7.52. The molecule has 3 rings (SSSR count). The van der Waals surface area contributed by atoms with Gasteiger partial charge in [-0.3, -0.25) is 9.59 Å². The molecule has 10 nitrogen and oxygen atoms in total. The number of carbonyl (C=O) groups is 2. The number of aliphatic hydroxyl groups excluding tert-OH is 2. The normalized spacial score (nSPS) is 19.5. The maximum atomic E-state index is 14.0. The summed E-state index contributed by atoms with van der Waals surface area (Å²) in [6.07, 6.45) is 13.6. The number of benzene rings is 1. The van der Waals surface area contributed by atoms with Crippen molar-refractivity contribution in [3.8, 4) is 12.3 Å². The fourth-order valence-electron chi connectivity index (χ4n) is 7.14. The van der Waals surface area contributed by atoms with Gasteiger partial charge in [0.15, 0.2) is 0 Å². The van der Waals surface area contributed by atoms with Gasteiger partial charge in [-0.15, -0.1) is 12.3 Å². The fourth-order valence-corrected chi connectivity index (χ4v) is 8.53. The first kappa shape index (κ1) is 40.9. The van der Waals surface area contributed by atoms with Crippen molar-refractivity contribution in [2.24, 2.45) is 17.8 Å². The topological polar surface area (TPSA) is 139 Å². The molecule has 1 aromatic rings. The Kier molecular flexibility index (Phi) is 17.6. The van der Waals surface area contributed by atoms with Crippen LogP contribution < -0.4 is 10.6 Å². The molecule has 49 heavy (non-hydrogen) atoms. The van der Waals surface area contributed by atoms with Crippen LogP contribution in [0.1, 0.15) is 96.5 Å². The van der Waals surface area contributed by atoms with Gasteiger partial charge in [0, 0.05) is 26.6 Å². The van der Waals surface area contributed by atoms with E-state index in [1.807, 2.05) is 44.2 Å². The standard InChI is InChI=1S/C38H62N4O6S/c1-5-6-20-33(38(46)40-34(27-31-18-12-8-13-19-31)36(44)35(43)25-29(2)3)39-37(45)32(26-30-16-10-7-11-17-30)28-49(47,48)41(4)23-24-42-21-14-9-15-22-42/h1,7,10-11,16-17,29,31-36,43-44H,6,8-9,12-15,18-28H2,2-4H3,(H,39,45)(H,40,46)/t32-,33+,34?,35+,36-/m1/s1. The molecule has 276 valence electrons. The Bertz CT molecular complexity index is 1270. The molecule has 1 aliphatic carbocycles. The van der Waals surface area contributed by atoms with Crippen molar-refractivity contribution >= 4 is 21.8 Å². The highest BCUT2D eigenvalue weighted by Gasteiger charge is 2.35. The van der Waals surface area contributed by atoms with E-state index >= 15 is 0 Å². The van der Waals surface area contributed by atoms with Crippen molar-refractivity contribution in [1.82, 2.24) is 19.8 Å². The van der Waals surface area contributed by atoms with Crippen LogP contribution in [0.5, 0.6) is 0 Å². The first-order valence-corrected chi connectivity index (χ1v) is 20.1. The summed E-state index contributed by atoms with van der Waals surface area (Å²) in [5.74, 6) is 0.604. The smallest absolute Gasteiger partial charge is 0.242 e. The van der Waals surface area contributed by atoms with Crippen LogP contribution >= 0.6 is 0 Å². The first-order chi connectivity index (χ1) is 23.4. The molecular formula is C38H62N4O6S. The maximum Gasteiger partial charge on any atom is 0.242 e. The summed E-state index contributed by atoms with van der Waals surface area (Å²) in [5, 5.41) is 27.9. The quantitative estimate of drug-likeness (QED) is 0.152. The summed E-state index contributed by atoms with van der Waals surface area (Å²) in [7, 11) is -2.25. The maximum absolute atomic E-state index is 14.0. The Balaban J connectivity index is 1.78. The second kappa shape index (κ2) is 21.0. The minimum Gasteiger partial charge on any atom is -0.390 e. The van der Waals surface area contributed by atoms with E-state index in [2.05, 4.69) is 21.5 Å². The zero-order chi connectivity index (χ0) is 35.8. The molecule has 5 atom stereocenters. The van der Waals surface area contributed by atoms with Gasteiger partial charge in [0.05, 0.1) is 23.8 Å². The average molecular weight is 703 g/mol. The SMILES string of the molecule is C#CCC[C@H](NC(=O)[C@H](Cc1ccccc1)CS(=O)(=O)N(C)CCN1CCCCC1)C(=O)NC(CC1CCCCC1)[C@@H](O)[C@@H](O)CC(C)C. The van der Waals surface area contributed by atoms with Crippen molar-refractivity contribution in [1.29, 1.82) is 0 Å². The van der Waals surface area contributed by atoms with Crippen molar-refractivity contribution < 1.29 is 28.2 Å². The van der Waals surface area contributed by atoms with E-state index in [0.29, 0.717) is 31.8 Å². The zero-order valence-electron chi connectivity index (χ0n) is 30.1. The Morgan fingerprint density at radius 1 is 1.00 bits per heavy atom. The van der Waals surface area contributed by atoms with E-state index in [1.165, 1.54) is 17.1 Å². The minimum absolute atomic E-state index is 0.148. The van der Waals surface area contributed by atoms with Crippen molar-refractivity contribution in [3.63, 3.8) is 0 Å². The third-order valence-electron chi connectivity index (χ3n) is 10.1. The van der Waals surface area contributed by atoms with E-state index in [4.69, 9.17) is 6.42 Å². The molecule has 1 heterocycles. The molecule has 1 saturated carbocycles. The molecule has 0 aromatic heterocycles. The molecule has 1 unspecified atom stereocenters. The van der Waals surface area contributed by atoms with Gasteiger partial charge in [0.2, 0.25) is 21.8 Å². The second-order valence-electron chi connectivity index (χ2n) is 14.7. The summed E-state index contributed by atoms with van der Waals surface area (Å²) < 4.78 is 28.6. The van der Waals surface area contributed by atoms with E-state index < -0.39 is 57.8 Å². The fraction of sp³-hybridized carbons (Fsp3) is 0.737. The van der Waals surface area contributed by atoms with Crippen LogP contribution in [0.3, 0.4) is 0 Å². The van der Waals surface area contributed by atoms with Crippen molar-refractivity contribution in [2.75, 3.05) is 39.0 Å². The predicted molar refractivity (Wildman–Crippen MR) is 195 cm³/mol. The number of carbonyl (C=O) groups excluding carboxylic acids is 2. The van der Waals surface area contributed by atoms with Gasteiger partial charge >= 0.3 is 0 Å². The molecule has 2 aliphatic rings. The van der Waals surface area contributed by atoms with Crippen LogP contribution in [0.2, 0.25) is 0 Å². The Morgan fingerprint density at radius 3 is 2.29 bits per heavy atom. The Hall–Kier alpha value is -2.49. The number of hydrogen-bond acceptors (Lipinski definition) is 7. The summed E-state index contributed by atoms with van der Waals surface area (Å²) in [6.45, 7) is 6.83. The highest BCUT2D eigenvalue weighted by molar-refractivity contribution is 7.89. The number of rotatable bonds is 20. The van der Waals surface area contributed by atoms with Gasteiger partial charge < -0.3 is 25.7 Å². The van der Waals surface area contributed by atoms with Crippen LogP contribution in [0.25, 0.3) is 0 Å². The van der Waals surface area contributed by atoms with Gasteiger partial charge in [-0.05, 0) is 69.0 Å². The first-order valence-electron chi connectivity index (χ1n) is 18.5. The number of hydrogen-bond donors (Lipinski definition) is 4. The lowest BCUT2D eigenvalue weighted by Crippen LogP contribution is -2.56. The molecule has 0 bridgehead atoms. The number of likely N-dealkylation sites (tertiary alicyclic amines) is 1. The van der Waals surface area contributed by atoms with Crippen LogP contribution in [-0.4, -0.2) is 103 Å². The second-order valence-corrected chi connectivity index (χ2v) is 16.9. The van der Waals surface area contributed by atoms with Gasteiger partial charge in [-0.1, -0.05) is 82.7 Å². The Morgan fingerprint density at radius 2 is 1.65 bits per heavy atom. The van der Waals surface area contributed by atoms with Crippen LogP contribution in [0, 0.1) is 30.1 Å². The van der Waals surface area contributed by atoms with Gasteiger partial charge in [0.1, 0.15) is 12.1 Å². The van der Waals surface area contributed by atoms with Crippen molar-refractivity contribution in [3.05, 3.63) is 35.9 Å². The number of amides is 2. The molecule has 2 amide bonds. The number of piperidine rings is 1. The van der Waals surface area contributed by atoms with E-state index in [9.17, 15) is 28.2 Å². The van der Waals surface area contributed by atoms with Crippen LogP contribution in [-0.2, 0) is 26.0 Å². The predicted octanol–water partition coefficient (Wildman–Crippen LogP) is 3.71. The Labute approximate surface area is 295 Å². The van der Waals surface area contributed by atoms with E-state index in [0.717, 1.165) is 57.2 Å². The number of nitrogens with zero attached hydrogens (tertiary/aromatic N) is 2. The molecule has 0 radical (unpaired) electrons. The highest BCUT2D eigenvalue weighted by atomic mass is 32.2. The molecule has 1 saturated heterocycles. The van der Waals surface area contributed by atoms with Gasteiger partial charge in [0.25, 0.3) is 0 Å². The zero-order valence-corrected chi connectivity index (χ0v) is 30.9. The average Bonchev–Trinajstić information content (AvgIpc) is 3.08. The van der Waals surface area contributed by atoms with E-state index in [-0.39, 0.29) is 25.2 Å². The molecule has 4 N–H and O–H groups in total. The monoisotopic (exact) mass is 702 g/mol. The van der Waals surface area contributed by atoms with Gasteiger partial charge in [-0.25, -0.2) is 12.7 Å². The molecule has 1 aromatic carbocycles. The lowest BCUT2D eigenvalue weighted by molar-refractivity contribution is -0.132. The summed E-state index contributed by atoms with van der Waals surface area (Å²) in [5.41, 5.74) is 0.813. The summed E-state index contributed by atoms with van der Waals surface area (Å²) >= 11 is 0. The largest absolute Gasteiger partial charge is 0.390 e. The lowest BCUT2D eigenvalue weighted by atomic mass is 9.82. The lowest BCUT2D eigenvalue weighted by Gasteiger charge is -2.34. The third kappa shape index (κ3) is 14.3. The minimum atomic E-state index is -3.81.